The first-order valence-electron chi connectivity index (χ1n) is 16.5. The number of aromatic hydroxyl groups is 1. The van der Waals surface area contributed by atoms with E-state index in [9.17, 15) is 19.5 Å². The molecule has 1 aliphatic rings. The fourth-order valence-electron chi connectivity index (χ4n) is 5.39. The Morgan fingerprint density at radius 1 is 1.06 bits per heavy atom. The van der Waals surface area contributed by atoms with Crippen molar-refractivity contribution in [2.45, 2.75) is 73.1 Å². The van der Waals surface area contributed by atoms with E-state index in [0.717, 1.165) is 35.3 Å². The number of piperazine rings is 1. The Bertz CT molecular complexity index is 1290. The maximum Gasteiger partial charge on any atom is 0.246 e. The zero-order valence-corrected chi connectivity index (χ0v) is 30.2. The summed E-state index contributed by atoms with van der Waals surface area (Å²) < 4.78 is 0. The van der Waals surface area contributed by atoms with E-state index >= 15 is 0 Å². The van der Waals surface area contributed by atoms with Gasteiger partial charge in [-0.1, -0.05) is 75.8 Å². The lowest BCUT2D eigenvalue weighted by atomic mass is 9.99. The molecule has 1 heterocycles. The summed E-state index contributed by atoms with van der Waals surface area (Å²) in [5, 5.41) is 16.0. The second kappa shape index (κ2) is 21.6. The van der Waals surface area contributed by atoms with Crippen molar-refractivity contribution in [3.05, 3.63) is 83.0 Å². The minimum Gasteiger partial charge on any atom is -0.508 e. The van der Waals surface area contributed by atoms with Crippen molar-refractivity contribution in [2.24, 2.45) is 0 Å². The third-order valence-corrected chi connectivity index (χ3v) is 7.74. The highest BCUT2D eigenvalue weighted by Crippen LogP contribution is 2.27. The third-order valence-electron chi connectivity index (χ3n) is 7.74. The van der Waals surface area contributed by atoms with Gasteiger partial charge in [-0.05, 0) is 62.2 Å². The number of benzene rings is 2. The molecule has 2 aromatic carbocycles. The first-order valence-corrected chi connectivity index (χ1v) is 16.5. The Morgan fingerprint density at radius 2 is 1.72 bits per heavy atom. The quantitative estimate of drug-likeness (QED) is 0.169. The van der Waals surface area contributed by atoms with Gasteiger partial charge in [0.2, 0.25) is 18.7 Å². The number of carbonyl (C=O) groups is 3. The molecule has 0 aliphatic carbocycles. The summed E-state index contributed by atoms with van der Waals surface area (Å²) in [4.78, 5) is 43.4. The van der Waals surface area contributed by atoms with E-state index in [2.05, 4.69) is 36.5 Å². The Kier molecular flexibility index (Phi) is 18.8. The summed E-state index contributed by atoms with van der Waals surface area (Å²) in [5.41, 5.74) is 5.26. The average molecular weight is 651 g/mol. The Labute approximate surface area is 283 Å². The van der Waals surface area contributed by atoms with Gasteiger partial charge in [0.25, 0.3) is 0 Å². The van der Waals surface area contributed by atoms with E-state index in [1.54, 1.807) is 41.2 Å². The van der Waals surface area contributed by atoms with E-state index in [-0.39, 0.29) is 24.6 Å². The number of phenols is 1. The molecule has 0 bridgehead atoms. The van der Waals surface area contributed by atoms with Crippen LogP contribution >= 0.6 is 0 Å². The third kappa shape index (κ3) is 12.2. The summed E-state index contributed by atoms with van der Waals surface area (Å²) in [6.45, 7) is 14.2. The van der Waals surface area contributed by atoms with Gasteiger partial charge in [-0.25, -0.2) is 5.01 Å². The SMILES string of the molecule is C/C=C\C(=C/CC)CNC.CC.CCN(C)N(C=O)C1CN(Cc2cc(C)ccc2N(C)C)C(=O)[C@H](Cc2ccc(O)cc2)N1C=O. The molecule has 47 heavy (non-hydrogen) atoms. The van der Waals surface area contributed by atoms with Crippen LogP contribution in [0.3, 0.4) is 0 Å². The van der Waals surface area contributed by atoms with E-state index in [4.69, 9.17) is 0 Å². The molecular weight excluding hydrogens is 592 g/mol. The number of anilines is 1. The highest BCUT2D eigenvalue weighted by atomic mass is 16.3. The molecule has 0 spiro atoms. The highest BCUT2D eigenvalue weighted by molar-refractivity contribution is 5.85. The number of phenolic OH excluding ortho intramolecular Hbond substituents is 1. The molecule has 3 amide bonds. The number of amides is 3. The molecule has 0 saturated carbocycles. The number of hydrazine groups is 1. The Morgan fingerprint density at radius 3 is 2.23 bits per heavy atom. The molecule has 2 aromatic rings. The maximum absolute atomic E-state index is 13.8. The van der Waals surface area contributed by atoms with Crippen LogP contribution in [0.2, 0.25) is 0 Å². The lowest BCUT2D eigenvalue weighted by molar-refractivity contribution is -0.175. The number of allylic oxidation sites excluding steroid dienone is 2. The van der Waals surface area contributed by atoms with E-state index in [0.29, 0.717) is 25.9 Å². The van der Waals surface area contributed by atoms with Crippen molar-refractivity contribution in [3.63, 3.8) is 0 Å². The van der Waals surface area contributed by atoms with Gasteiger partial charge >= 0.3 is 0 Å². The first kappa shape index (κ1) is 40.9. The van der Waals surface area contributed by atoms with Crippen molar-refractivity contribution >= 4 is 24.4 Å². The summed E-state index contributed by atoms with van der Waals surface area (Å²) in [6.07, 6.45) is 8.53. The predicted molar refractivity (Wildman–Crippen MR) is 193 cm³/mol. The van der Waals surface area contributed by atoms with Crippen LogP contribution in [0, 0.1) is 6.92 Å². The van der Waals surface area contributed by atoms with Gasteiger partial charge in [-0.15, -0.1) is 0 Å². The van der Waals surface area contributed by atoms with Gasteiger partial charge < -0.3 is 25.1 Å². The van der Waals surface area contributed by atoms with Gasteiger partial charge in [-0.3, -0.25) is 19.4 Å². The molecule has 1 aliphatic heterocycles. The number of carbonyl (C=O) groups excluding carboxylic acids is 3. The zero-order valence-electron chi connectivity index (χ0n) is 30.2. The molecule has 260 valence electrons. The van der Waals surface area contributed by atoms with Crippen LogP contribution in [0.4, 0.5) is 5.69 Å². The fourth-order valence-corrected chi connectivity index (χ4v) is 5.39. The van der Waals surface area contributed by atoms with E-state index in [1.807, 2.05) is 72.8 Å². The van der Waals surface area contributed by atoms with Crippen molar-refractivity contribution in [3.8, 4) is 5.75 Å². The van der Waals surface area contributed by atoms with Crippen molar-refractivity contribution in [1.82, 2.24) is 25.1 Å². The fraction of sp³-hybridized carbons (Fsp3) is 0.486. The molecule has 1 unspecified atom stereocenters. The smallest absolute Gasteiger partial charge is 0.246 e. The lowest BCUT2D eigenvalue weighted by Gasteiger charge is -2.49. The van der Waals surface area contributed by atoms with Crippen LogP contribution in [-0.4, -0.2) is 104 Å². The van der Waals surface area contributed by atoms with Gasteiger partial charge in [0.15, 0.2) is 0 Å². The van der Waals surface area contributed by atoms with E-state index in [1.165, 1.54) is 15.5 Å². The molecule has 3 rings (SSSR count). The Hall–Kier alpha value is -4.15. The normalized spacial score (nSPS) is 16.3. The highest BCUT2D eigenvalue weighted by Gasteiger charge is 2.43. The summed E-state index contributed by atoms with van der Waals surface area (Å²) in [7, 11) is 7.66. The number of likely N-dealkylation sites (N-methyl/N-ethyl adjacent to an activating group) is 1. The number of rotatable bonds is 14. The van der Waals surface area contributed by atoms with Gasteiger partial charge in [-0.2, -0.15) is 0 Å². The van der Waals surface area contributed by atoms with Crippen molar-refractivity contribution in [1.29, 1.82) is 0 Å². The molecular formula is C37H58N6O4. The summed E-state index contributed by atoms with van der Waals surface area (Å²) >= 11 is 0. The second-order valence-corrected chi connectivity index (χ2v) is 11.3. The van der Waals surface area contributed by atoms with Crippen molar-refractivity contribution < 1.29 is 19.5 Å². The molecule has 10 heteroatoms. The number of nitrogens with one attached hydrogen (secondary N) is 1. The largest absolute Gasteiger partial charge is 0.508 e. The van der Waals surface area contributed by atoms with Crippen LogP contribution in [-0.2, 0) is 27.3 Å². The first-order chi connectivity index (χ1) is 22.5. The summed E-state index contributed by atoms with van der Waals surface area (Å²) in [5.74, 6) is -0.0551. The van der Waals surface area contributed by atoms with Crippen LogP contribution < -0.4 is 10.2 Å². The van der Waals surface area contributed by atoms with Gasteiger partial charge in [0.05, 0.1) is 6.54 Å². The lowest BCUT2D eigenvalue weighted by Crippen LogP contribution is -2.68. The minimum atomic E-state index is -0.795. The van der Waals surface area contributed by atoms with Crippen LogP contribution in [0.15, 0.2) is 66.3 Å². The molecule has 0 radical (unpaired) electrons. The Balaban J connectivity index is 0.000000787. The van der Waals surface area contributed by atoms with Gasteiger partial charge in [0.1, 0.15) is 18.0 Å². The summed E-state index contributed by atoms with van der Waals surface area (Å²) in [6, 6.07) is 11.9. The number of nitrogens with zero attached hydrogens (tertiary/aromatic N) is 5. The molecule has 1 fully saturated rings. The number of hydrogen-bond donors (Lipinski definition) is 2. The zero-order chi connectivity index (χ0) is 35.5. The molecule has 1 saturated heterocycles. The average Bonchev–Trinajstić information content (AvgIpc) is 3.06. The number of hydrogen-bond acceptors (Lipinski definition) is 7. The van der Waals surface area contributed by atoms with Crippen LogP contribution in [0.1, 0.15) is 57.7 Å². The van der Waals surface area contributed by atoms with Crippen LogP contribution in [0.25, 0.3) is 0 Å². The molecule has 2 N–H and O–H groups in total. The number of aryl methyl sites for hydroxylation is 1. The maximum atomic E-state index is 13.8. The molecule has 10 nitrogen and oxygen atoms in total. The van der Waals surface area contributed by atoms with Crippen molar-refractivity contribution in [2.75, 3.05) is 52.7 Å². The van der Waals surface area contributed by atoms with E-state index < -0.39 is 12.2 Å². The topological polar surface area (TPSA) is 99.7 Å². The monoisotopic (exact) mass is 650 g/mol. The predicted octanol–water partition coefficient (Wildman–Crippen LogP) is 4.97. The standard InChI is InChI=1S/C26H35N5O4.C9H17N.C2H6/c1-6-28(5)31(18-33)25-16-29(15-21-13-19(2)7-12-23(21)27(3)4)26(35)24(30(25)17-32)14-20-8-10-22(34)11-9-20;1-4-6-9(7-5-2)8-10-3;1-2/h7-13,17-18,24-25,34H,6,14-16H2,1-5H3;4,6-7,10H,5,8H2,1-3H3;1-2H3/b;6-4-,9-7+;/t24-,25?;;/m0../s1. The molecule has 0 aromatic heterocycles. The second-order valence-electron chi connectivity index (χ2n) is 11.3. The van der Waals surface area contributed by atoms with Gasteiger partial charge in [0, 0.05) is 52.9 Å². The molecule has 2 atom stereocenters. The minimum absolute atomic E-state index is 0.128. The van der Waals surface area contributed by atoms with Crippen LogP contribution in [0.5, 0.6) is 5.75 Å².